The molecule has 0 fully saturated rings. The summed E-state index contributed by atoms with van der Waals surface area (Å²) < 4.78 is 0. The Kier molecular flexibility index (Phi) is 4.04. The second-order valence-corrected chi connectivity index (χ2v) is 11.0. The Labute approximate surface area is 226 Å². The Hall–Kier alpha value is -4.95. The lowest BCUT2D eigenvalue weighted by Gasteiger charge is -2.35. The number of aliphatic hydroxyl groups is 1. The van der Waals surface area contributed by atoms with Crippen LogP contribution >= 0.6 is 0 Å². The highest BCUT2D eigenvalue weighted by Gasteiger charge is 2.48. The molecule has 0 saturated carbocycles. The van der Waals surface area contributed by atoms with E-state index < -0.39 is 29.8 Å². The summed E-state index contributed by atoms with van der Waals surface area (Å²) in [7, 11) is 0. The van der Waals surface area contributed by atoms with Gasteiger partial charge in [-0.05, 0) is 70.8 Å². The molecule has 0 amide bonds. The fourth-order valence-corrected chi connectivity index (χ4v) is 7.05. The molecule has 2 aliphatic heterocycles. The van der Waals surface area contributed by atoms with Crippen molar-refractivity contribution in [2.24, 2.45) is 23.7 Å². The SMILES string of the molecule is O=C1C(=O)C2C=CC1C1=C2c2cc3ccc(cc4nc(cc5ccc(cc1n2)[nH]5)C1=C4C2C=CC1C(=O)C2O)[nH]3. The van der Waals surface area contributed by atoms with Crippen LogP contribution < -0.4 is 0 Å². The number of carbonyl (C=O) groups is 3. The third-order valence-corrected chi connectivity index (χ3v) is 8.82. The zero-order valence-corrected chi connectivity index (χ0v) is 20.9. The number of nitrogens with zero attached hydrogens (tertiary/aromatic N) is 2. The van der Waals surface area contributed by atoms with Gasteiger partial charge in [0.2, 0.25) is 11.6 Å². The Balaban J connectivity index is 1.34. The zero-order chi connectivity index (χ0) is 26.9. The number of H-pyrrole nitrogens is 2. The molecule has 0 aromatic carbocycles. The number of aromatic nitrogens is 4. The summed E-state index contributed by atoms with van der Waals surface area (Å²) in [6.07, 6.45) is 6.34. The van der Waals surface area contributed by atoms with E-state index in [1.165, 1.54) is 0 Å². The van der Waals surface area contributed by atoms with E-state index in [2.05, 4.69) is 9.97 Å². The molecule has 6 aliphatic carbocycles. The van der Waals surface area contributed by atoms with E-state index in [1.807, 2.05) is 72.8 Å². The zero-order valence-electron chi connectivity index (χ0n) is 20.9. The molecule has 8 aliphatic rings. The lowest BCUT2D eigenvalue weighted by atomic mass is 9.68. The summed E-state index contributed by atoms with van der Waals surface area (Å²) in [5.74, 6) is -3.20. The van der Waals surface area contributed by atoms with Gasteiger partial charge in [-0.15, -0.1) is 0 Å². The van der Waals surface area contributed by atoms with Crippen LogP contribution in [0.25, 0.3) is 44.4 Å². The lowest BCUT2D eigenvalue weighted by Crippen LogP contribution is -2.41. The van der Waals surface area contributed by atoms with Gasteiger partial charge in [0.05, 0.1) is 40.5 Å². The molecule has 40 heavy (non-hydrogen) atoms. The smallest absolute Gasteiger partial charge is 0.210 e. The number of hydrogen-bond donors (Lipinski definition) is 3. The number of aliphatic hydroxyl groups excluding tert-OH is 1. The summed E-state index contributed by atoms with van der Waals surface area (Å²) in [4.78, 5) is 55.2. The van der Waals surface area contributed by atoms with Crippen molar-refractivity contribution in [1.82, 2.24) is 19.9 Å². The van der Waals surface area contributed by atoms with Crippen molar-refractivity contribution >= 4 is 61.7 Å². The van der Waals surface area contributed by atoms with E-state index in [0.717, 1.165) is 44.4 Å². The van der Waals surface area contributed by atoms with Gasteiger partial charge in [0.15, 0.2) is 5.78 Å². The highest BCUT2D eigenvalue weighted by atomic mass is 16.3. The Morgan fingerprint density at radius 1 is 0.550 bits per heavy atom. The van der Waals surface area contributed by atoms with Crippen LogP contribution in [0.5, 0.6) is 0 Å². The highest BCUT2D eigenvalue weighted by molar-refractivity contribution is 6.47. The number of Topliss-reactive ketones (excluding diaryl/α,β-unsaturated/α-hetero) is 3. The van der Waals surface area contributed by atoms with E-state index in [4.69, 9.17) is 9.97 Å². The van der Waals surface area contributed by atoms with Crippen molar-refractivity contribution in [3.05, 3.63) is 95.6 Å². The number of nitrogens with one attached hydrogen (secondary N) is 2. The quantitative estimate of drug-likeness (QED) is 0.303. The second kappa shape index (κ2) is 7.37. The molecule has 3 N–H and O–H groups in total. The minimum Gasteiger partial charge on any atom is -0.384 e. The maximum absolute atomic E-state index is 12.9. The van der Waals surface area contributed by atoms with Crippen molar-refractivity contribution < 1.29 is 19.5 Å². The maximum atomic E-state index is 12.9. The number of rotatable bonds is 0. The first-order chi connectivity index (χ1) is 19.4. The number of hydrogen-bond acceptors (Lipinski definition) is 6. The van der Waals surface area contributed by atoms with Crippen LogP contribution in [0, 0.1) is 23.7 Å². The molecule has 192 valence electrons. The molecule has 0 saturated heterocycles. The minimum atomic E-state index is -1.08. The van der Waals surface area contributed by atoms with Gasteiger partial charge >= 0.3 is 0 Å². The van der Waals surface area contributed by atoms with Gasteiger partial charge < -0.3 is 15.1 Å². The molecular weight excluding hydrogens is 504 g/mol. The Morgan fingerprint density at radius 3 is 1.43 bits per heavy atom. The van der Waals surface area contributed by atoms with Gasteiger partial charge in [-0.1, -0.05) is 24.3 Å². The summed E-state index contributed by atoms with van der Waals surface area (Å²) in [6, 6.07) is 15.4. The number of ketones is 3. The van der Waals surface area contributed by atoms with Gasteiger partial charge in [0.1, 0.15) is 6.10 Å². The fourth-order valence-electron chi connectivity index (χ4n) is 7.05. The minimum absolute atomic E-state index is 0.198. The third kappa shape index (κ3) is 2.75. The fraction of sp³-hybridized carbons (Fsp3) is 0.156. The van der Waals surface area contributed by atoms with E-state index in [0.29, 0.717) is 22.8 Å². The Bertz CT molecular complexity index is 2070. The molecule has 0 radical (unpaired) electrons. The maximum Gasteiger partial charge on any atom is 0.210 e. The Morgan fingerprint density at radius 2 is 0.950 bits per heavy atom. The van der Waals surface area contributed by atoms with Crippen LogP contribution in [0.1, 0.15) is 22.8 Å². The molecule has 8 nitrogen and oxygen atoms in total. The monoisotopic (exact) mass is 524 g/mol. The van der Waals surface area contributed by atoms with Gasteiger partial charge in [-0.25, -0.2) is 9.97 Å². The molecule has 3 aromatic rings. The summed E-state index contributed by atoms with van der Waals surface area (Å²) >= 11 is 0. The van der Waals surface area contributed by atoms with Crippen molar-refractivity contribution in [2.75, 3.05) is 0 Å². The number of fused-ring (bicyclic) bond motifs is 10. The number of carbonyl (C=O) groups excluding carboxylic acids is 3. The summed E-state index contributed by atoms with van der Waals surface area (Å²) in [5, 5.41) is 10.7. The van der Waals surface area contributed by atoms with Gasteiger partial charge in [0, 0.05) is 28.0 Å². The van der Waals surface area contributed by atoms with Crippen LogP contribution in [-0.4, -0.2) is 48.5 Å². The van der Waals surface area contributed by atoms with Crippen molar-refractivity contribution in [3.63, 3.8) is 0 Å². The second-order valence-electron chi connectivity index (χ2n) is 11.0. The average Bonchev–Trinajstić information content (AvgIpc) is 3.73. The predicted molar refractivity (Wildman–Crippen MR) is 148 cm³/mol. The molecule has 8 heteroatoms. The van der Waals surface area contributed by atoms with E-state index in [1.54, 1.807) is 0 Å². The molecule has 12 bridgehead atoms. The molecule has 5 heterocycles. The average molecular weight is 525 g/mol. The molecule has 11 rings (SSSR count). The van der Waals surface area contributed by atoms with E-state index in [-0.39, 0.29) is 17.3 Å². The molecule has 3 aromatic heterocycles. The standard InChI is InChI=1S/C32H20N4O4/c37-29-17-5-6-19(31(29)39)27-23-11-15-3-4-16(34-15)12-24-28-20-8-7-18(30(38)32(20)40)26(28)22(36-24)10-14-2-1-13(33-14)9-21(35-23)25(17)27/h1-12,17-20,29,33-34,37H. The van der Waals surface area contributed by atoms with Crippen molar-refractivity contribution in [1.29, 1.82) is 0 Å². The molecule has 5 atom stereocenters. The molecular formula is C32H20N4O4. The summed E-state index contributed by atoms with van der Waals surface area (Å²) in [5.41, 5.74) is 9.23. The van der Waals surface area contributed by atoms with Gasteiger partial charge in [-0.3, -0.25) is 14.4 Å². The van der Waals surface area contributed by atoms with Crippen LogP contribution in [0.15, 0.2) is 72.8 Å². The van der Waals surface area contributed by atoms with E-state index >= 15 is 0 Å². The van der Waals surface area contributed by atoms with Crippen LogP contribution in [-0.2, 0) is 14.4 Å². The molecule has 5 unspecified atom stereocenters. The van der Waals surface area contributed by atoms with Crippen molar-refractivity contribution in [3.8, 4) is 0 Å². The van der Waals surface area contributed by atoms with Gasteiger partial charge in [-0.2, -0.15) is 0 Å². The predicted octanol–water partition coefficient (Wildman–Crippen LogP) is 3.84. The first-order valence-corrected chi connectivity index (χ1v) is 13.3. The van der Waals surface area contributed by atoms with Crippen LogP contribution in [0.2, 0.25) is 0 Å². The van der Waals surface area contributed by atoms with Crippen LogP contribution in [0.4, 0.5) is 0 Å². The van der Waals surface area contributed by atoms with Gasteiger partial charge in [0.25, 0.3) is 0 Å². The first-order valence-electron chi connectivity index (χ1n) is 13.3. The number of aromatic amines is 2. The third-order valence-electron chi connectivity index (χ3n) is 8.82. The molecule has 0 spiro atoms. The van der Waals surface area contributed by atoms with Crippen molar-refractivity contribution in [2.45, 2.75) is 6.10 Å². The summed E-state index contributed by atoms with van der Waals surface area (Å²) in [6.45, 7) is 0. The largest absolute Gasteiger partial charge is 0.384 e. The highest BCUT2D eigenvalue weighted by Crippen LogP contribution is 2.50. The topological polar surface area (TPSA) is 129 Å². The van der Waals surface area contributed by atoms with Crippen LogP contribution in [0.3, 0.4) is 0 Å². The normalized spacial score (nSPS) is 27.6. The number of allylic oxidation sites excluding steroid dienone is 6. The van der Waals surface area contributed by atoms with E-state index in [9.17, 15) is 19.5 Å². The first kappa shape index (κ1) is 21.9. The lowest BCUT2D eigenvalue weighted by molar-refractivity contribution is -0.138.